The lowest BCUT2D eigenvalue weighted by atomic mass is 9.48. The number of aliphatic imine (C=N–C) groups is 1. The van der Waals surface area contributed by atoms with Gasteiger partial charge in [-0.05, 0) is 147 Å². The first-order chi connectivity index (χ1) is 19.0. The summed E-state index contributed by atoms with van der Waals surface area (Å²) in [6.07, 6.45) is 17.1. The van der Waals surface area contributed by atoms with Crippen molar-refractivity contribution >= 4 is 29.6 Å². The van der Waals surface area contributed by atoms with Gasteiger partial charge in [-0.3, -0.25) is 4.99 Å². The maximum absolute atomic E-state index is 4.32. The van der Waals surface area contributed by atoms with Crippen LogP contribution < -0.4 is 0 Å². The quantitative estimate of drug-likeness (QED) is 0.330. The molecule has 2 spiro atoms. The van der Waals surface area contributed by atoms with E-state index in [9.17, 15) is 0 Å². The second-order valence-corrected chi connectivity index (χ2v) is 17.3. The molecule has 0 saturated heterocycles. The molecule has 6 aliphatic carbocycles. The molecule has 0 aromatic heterocycles. The first-order valence-corrected chi connectivity index (χ1v) is 17.1. The maximum Gasteiger partial charge on any atom is 0.0457 e. The largest absolute Gasteiger partial charge is 0.269 e. The van der Waals surface area contributed by atoms with Crippen LogP contribution in [0.5, 0.6) is 0 Å². The standard InChI is InChI=1S/C38H51NS/c1-24(2)27-11-13-28(14-12-27)29-17-20-37-32(34(29,5)6)18-21-38(37)33(37)16-15-30-31-10-9-19-36(31,23-22-35(30,38)7)40-26(4)25(3)39-8/h11-14,17,30-33H,1,8-10,15-16,18-23H2,2-7H3/b26-25-/t30?,31?,32?,33?,35-,36?,37?,38?/m1/s1. The van der Waals surface area contributed by atoms with Gasteiger partial charge in [0.05, 0.1) is 0 Å². The highest BCUT2D eigenvalue weighted by Gasteiger charge is 2.89. The van der Waals surface area contributed by atoms with E-state index in [0.717, 1.165) is 34.9 Å². The van der Waals surface area contributed by atoms with Gasteiger partial charge in [0.15, 0.2) is 0 Å². The molecule has 0 bridgehead atoms. The highest BCUT2D eigenvalue weighted by molar-refractivity contribution is 8.04. The number of allylic oxidation sites excluding steroid dienone is 5. The van der Waals surface area contributed by atoms with Gasteiger partial charge in [0.2, 0.25) is 0 Å². The Balaban J connectivity index is 1.23. The van der Waals surface area contributed by atoms with Crippen LogP contribution in [0.2, 0.25) is 0 Å². The Labute approximate surface area is 248 Å². The average molecular weight is 554 g/mol. The molecule has 0 heterocycles. The Hall–Kier alpha value is -1.54. The third-order valence-electron chi connectivity index (χ3n) is 14.4. The van der Waals surface area contributed by atoms with Gasteiger partial charge in [-0.2, -0.15) is 0 Å². The van der Waals surface area contributed by atoms with Gasteiger partial charge in [0, 0.05) is 15.3 Å². The average Bonchev–Trinajstić information content (AvgIpc) is 3.19. The summed E-state index contributed by atoms with van der Waals surface area (Å²) in [5.74, 6) is 3.56. The molecule has 0 N–H and O–H groups in total. The van der Waals surface area contributed by atoms with Crippen molar-refractivity contribution in [1.29, 1.82) is 0 Å². The lowest BCUT2D eigenvalue weighted by molar-refractivity contribution is -0.0629. The van der Waals surface area contributed by atoms with Crippen molar-refractivity contribution in [3.63, 3.8) is 0 Å². The maximum atomic E-state index is 4.32. The zero-order valence-corrected chi connectivity index (χ0v) is 26.9. The lowest BCUT2D eigenvalue weighted by Crippen LogP contribution is -2.53. The highest BCUT2D eigenvalue weighted by Crippen LogP contribution is 2.94. The molecule has 6 aliphatic rings. The van der Waals surface area contributed by atoms with E-state index in [1.165, 1.54) is 80.2 Å². The van der Waals surface area contributed by atoms with Gasteiger partial charge in [-0.25, -0.2) is 0 Å². The molecule has 1 aromatic carbocycles. The normalized spacial score (nSPS) is 44.7. The SMILES string of the molecule is C=N/C(C)=C(/C)SC12CCCC1C1CCC3C45CC=C(c6ccc(C(=C)C)cc6)C(C)(C)C4CCC35[C@]1(C)CC2. The number of nitrogens with zero attached hydrogens (tertiary/aromatic N) is 1. The summed E-state index contributed by atoms with van der Waals surface area (Å²) in [6, 6.07) is 9.32. The molecule has 0 radical (unpaired) electrons. The second kappa shape index (κ2) is 8.75. The lowest BCUT2D eigenvalue weighted by Gasteiger charge is -2.59. The molecule has 0 aliphatic heterocycles. The zero-order valence-electron chi connectivity index (χ0n) is 26.0. The Morgan fingerprint density at radius 1 is 0.875 bits per heavy atom. The van der Waals surface area contributed by atoms with Crippen molar-refractivity contribution in [2.45, 2.75) is 110 Å². The Morgan fingerprint density at radius 3 is 2.33 bits per heavy atom. The van der Waals surface area contributed by atoms with Crippen molar-refractivity contribution in [3.05, 3.63) is 58.6 Å². The minimum absolute atomic E-state index is 0.231. The van der Waals surface area contributed by atoms with Gasteiger partial charge in [0.1, 0.15) is 0 Å². The second-order valence-electron chi connectivity index (χ2n) is 15.6. The van der Waals surface area contributed by atoms with Crippen molar-refractivity contribution in [2.75, 3.05) is 0 Å². The van der Waals surface area contributed by atoms with Crippen LogP contribution in [0, 0.1) is 45.3 Å². The van der Waals surface area contributed by atoms with Gasteiger partial charge in [-0.1, -0.05) is 69.7 Å². The van der Waals surface area contributed by atoms with Crippen LogP contribution in [-0.4, -0.2) is 11.5 Å². The van der Waals surface area contributed by atoms with Crippen molar-refractivity contribution in [2.24, 2.45) is 50.3 Å². The summed E-state index contributed by atoms with van der Waals surface area (Å²) in [7, 11) is 0. The zero-order chi connectivity index (χ0) is 28.3. The molecule has 5 fully saturated rings. The highest BCUT2D eigenvalue weighted by atomic mass is 32.2. The molecule has 2 heteroatoms. The number of rotatable bonds is 5. The summed E-state index contributed by atoms with van der Waals surface area (Å²) in [4.78, 5) is 5.74. The van der Waals surface area contributed by atoms with E-state index in [-0.39, 0.29) is 5.41 Å². The summed E-state index contributed by atoms with van der Waals surface area (Å²) >= 11 is 2.22. The summed E-state index contributed by atoms with van der Waals surface area (Å²) in [5, 5.41) is 0. The minimum atomic E-state index is 0.231. The summed E-state index contributed by atoms with van der Waals surface area (Å²) in [6.45, 7) is 22.6. The van der Waals surface area contributed by atoms with Crippen LogP contribution in [0.15, 0.2) is 52.5 Å². The fourth-order valence-corrected chi connectivity index (χ4v) is 14.5. The molecular weight excluding hydrogens is 502 g/mol. The molecule has 1 aromatic rings. The van der Waals surface area contributed by atoms with E-state index in [0.29, 0.717) is 21.0 Å². The number of hydrogen-bond donors (Lipinski definition) is 0. The fraction of sp³-hybridized carbons (Fsp3) is 0.658. The number of thioether (sulfide) groups is 1. The summed E-state index contributed by atoms with van der Waals surface area (Å²) < 4.78 is 0.443. The van der Waals surface area contributed by atoms with Gasteiger partial charge >= 0.3 is 0 Å². The molecule has 0 amide bonds. The molecule has 5 saturated carbocycles. The smallest absolute Gasteiger partial charge is 0.0457 e. The summed E-state index contributed by atoms with van der Waals surface area (Å²) in [5.41, 5.74) is 8.49. The topological polar surface area (TPSA) is 12.4 Å². The Bertz CT molecular complexity index is 1330. The van der Waals surface area contributed by atoms with Crippen molar-refractivity contribution < 1.29 is 0 Å². The first-order valence-electron chi connectivity index (χ1n) is 16.3. The number of hydrogen-bond acceptors (Lipinski definition) is 2. The van der Waals surface area contributed by atoms with E-state index < -0.39 is 0 Å². The third kappa shape index (κ3) is 3.16. The van der Waals surface area contributed by atoms with Crippen LogP contribution in [0.25, 0.3) is 11.1 Å². The molecular formula is C38H51NS. The van der Waals surface area contributed by atoms with Crippen LogP contribution >= 0.6 is 11.8 Å². The van der Waals surface area contributed by atoms with Crippen molar-refractivity contribution in [3.8, 4) is 0 Å². The van der Waals surface area contributed by atoms with Gasteiger partial charge in [-0.15, -0.1) is 11.8 Å². The Morgan fingerprint density at radius 2 is 1.62 bits per heavy atom. The van der Waals surface area contributed by atoms with Crippen LogP contribution in [0.4, 0.5) is 0 Å². The predicted octanol–water partition coefficient (Wildman–Crippen LogP) is 11.0. The molecule has 7 rings (SSSR count). The van der Waals surface area contributed by atoms with Crippen molar-refractivity contribution in [1.82, 2.24) is 0 Å². The van der Waals surface area contributed by atoms with Gasteiger partial charge < -0.3 is 0 Å². The monoisotopic (exact) mass is 553 g/mol. The van der Waals surface area contributed by atoms with Gasteiger partial charge in [0.25, 0.3) is 0 Å². The molecule has 40 heavy (non-hydrogen) atoms. The van der Waals surface area contributed by atoms with E-state index in [1.807, 2.05) is 0 Å². The van der Waals surface area contributed by atoms with Crippen LogP contribution in [-0.2, 0) is 0 Å². The molecule has 214 valence electrons. The molecule has 8 atom stereocenters. The van der Waals surface area contributed by atoms with E-state index in [4.69, 9.17) is 0 Å². The van der Waals surface area contributed by atoms with Crippen LogP contribution in [0.1, 0.15) is 117 Å². The van der Waals surface area contributed by atoms with Crippen LogP contribution in [0.3, 0.4) is 0 Å². The predicted molar refractivity (Wildman–Crippen MR) is 174 cm³/mol. The molecule has 7 unspecified atom stereocenters. The number of fused-ring (bicyclic) bond motifs is 3. The fourth-order valence-electron chi connectivity index (χ4n) is 12.8. The third-order valence-corrected chi connectivity index (χ3v) is 16.1. The Kier molecular flexibility index (Phi) is 5.97. The first kappa shape index (κ1) is 27.3. The molecule has 1 nitrogen and oxygen atoms in total. The number of benzene rings is 1. The van der Waals surface area contributed by atoms with E-state index >= 15 is 0 Å². The van der Waals surface area contributed by atoms with E-state index in [1.54, 1.807) is 5.57 Å². The minimum Gasteiger partial charge on any atom is -0.269 e. The van der Waals surface area contributed by atoms with E-state index in [2.05, 4.69) is 102 Å².